The van der Waals surface area contributed by atoms with E-state index in [-0.39, 0.29) is 6.79 Å². The molecule has 2 saturated heterocycles. The Morgan fingerprint density at radius 2 is 2.00 bits per heavy atom. The first-order valence-electron chi connectivity index (χ1n) is 10.1. The number of hydrogen-bond donors (Lipinski definition) is 0. The number of likely N-dealkylation sites (tertiary alicyclic amines) is 1. The fourth-order valence-corrected chi connectivity index (χ4v) is 5.00. The largest absolute Gasteiger partial charge is 0.493 e. The van der Waals surface area contributed by atoms with Crippen molar-refractivity contribution >= 4 is 5.82 Å². The minimum atomic E-state index is 0.270. The molecule has 0 N–H and O–H groups in total. The number of nitrogens with zero attached hydrogens (tertiary/aromatic N) is 3. The predicted octanol–water partition coefficient (Wildman–Crippen LogP) is 3.45. The zero-order chi connectivity index (χ0) is 19.0. The molecule has 3 aliphatic heterocycles. The second-order valence-electron chi connectivity index (χ2n) is 7.96. The van der Waals surface area contributed by atoms with Gasteiger partial charge in [0.15, 0.2) is 11.5 Å². The number of hydrogen-bond acceptors (Lipinski definition) is 6. The third kappa shape index (κ3) is 3.05. The molecule has 2 fully saturated rings. The molecule has 0 bridgehead atoms. The van der Waals surface area contributed by atoms with Gasteiger partial charge < -0.3 is 19.1 Å². The average molecular weight is 381 g/mol. The first-order chi connectivity index (χ1) is 13.8. The fourth-order valence-electron chi connectivity index (χ4n) is 5.00. The normalized spacial score (nSPS) is 20.7. The van der Waals surface area contributed by atoms with Crippen molar-refractivity contribution in [3.8, 4) is 17.2 Å². The quantitative estimate of drug-likeness (QED) is 0.808. The standard InChI is InChI=1S/C22H27N3O3/c1-26-18-13-17(14-19-21(18)28-16-27-19)15-25-10-4-6-22(25)7-11-24(12-8-22)20-5-2-3-9-23-20/h2-3,5,9,13-14H,4,6-8,10-12,15-16H2,1H3. The topological polar surface area (TPSA) is 47.1 Å². The lowest BCUT2D eigenvalue weighted by molar-refractivity contribution is 0.0995. The highest BCUT2D eigenvalue weighted by atomic mass is 16.7. The van der Waals surface area contributed by atoms with Crippen LogP contribution in [0, 0.1) is 0 Å². The van der Waals surface area contributed by atoms with Gasteiger partial charge >= 0.3 is 0 Å². The maximum absolute atomic E-state index is 5.61. The molecular formula is C22H27N3O3. The van der Waals surface area contributed by atoms with Gasteiger partial charge in [0, 0.05) is 31.4 Å². The van der Waals surface area contributed by atoms with Gasteiger partial charge in [0.25, 0.3) is 0 Å². The summed E-state index contributed by atoms with van der Waals surface area (Å²) >= 11 is 0. The van der Waals surface area contributed by atoms with Crippen molar-refractivity contribution in [1.82, 2.24) is 9.88 Å². The van der Waals surface area contributed by atoms with Crippen LogP contribution in [0.2, 0.25) is 0 Å². The molecule has 0 saturated carbocycles. The van der Waals surface area contributed by atoms with Crippen molar-refractivity contribution in [1.29, 1.82) is 0 Å². The number of fused-ring (bicyclic) bond motifs is 1. The second-order valence-corrected chi connectivity index (χ2v) is 7.96. The number of benzene rings is 1. The van der Waals surface area contributed by atoms with Gasteiger partial charge in [-0.15, -0.1) is 0 Å². The summed E-state index contributed by atoms with van der Waals surface area (Å²) in [6.07, 6.45) is 6.81. The van der Waals surface area contributed by atoms with E-state index in [1.807, 2.05) is 12.3 Å². The lowest BCUT2D eigenvalue weighted by atomic mass is 9.84. The molecule has 0 aliphatic carbocycles. The van der Waals surface area contributed by atoms with Crippen molar-refractivity contribution in [2.45, 2.75) is 37.8 Å². The summed E-state index contributed by atoms with van der Waals surface area (Å²) in [5, 5.41) is 0. The van der Waals surface area contributed by atoms with Crippen LogP contribution in [0.3, 0.4) is 0 Å². The molecule has 148 valence electrons. The summed E-state index contributed by atoms with van der Waals surface area (Å²) in [4.78, 5) is 9.63. The molecule has 5 rings (SSSR count). The predicted molar refractivity (Wildman–Crippen MR) is 107 cm³/mol. The van der Waals surface area contributed by atoms with Gasteiger partial charge in [-0.1, -0.05) is 6.07 Å². The molecular weight excluding hydrogens is 354 g/mol. The van der Waals surface area contributed by atoms with Gasteiger partial charge in [-0.25, -0.2) is 4.98 Å². The third-order valence-corrected chi connectivity index (χ3v) is 6.50. The maximum Gasteiger partial charge on any atom is 0.231 e. The highest BCUT2D eigenvalue weighted by molar-refractivity contribution is 5.55. The third-order valence-electron chi connectivity index (χ3n) is 6.50. The van der Waals surface area contributed by atoms with E-state index < -0.39 is 0 Å². The molecule has 2 aromatic rings. The Morgan fingerprint density at radius 3 is 2.79 bits per heavy atom. The molecule has 6 nitrogen and oxygen atoms in total. The zero-order valence-electron chi connectivity index (χ0n) is 16.4. The first-order valence-corrected chi connectivity index (χ1v) is 10.1. The van der Waals surface area contributed by atoms with Gasteiger partial charge in [0.1, 0.15) is 5.82 Å². The van der Waals surface area contributed by atoms with Crippen LogP contribution in [0.25, 0.3) is 0 Å². The Labute approximate surface area is 166 Å². The van der Waals surface area contributed by atoms with Crippen molar-refractivity contribution in [3.63, 3.8) is 0 Å². The average Bonchev–Trinajstić information content (AvgIpc) is 3.36. The first kappa shape index (κ1) is 17.6. The molecule has 3 aliphatic rings. The van der Waals surface area contributed by atoms with E-state index in [1.165, 1.54) is 31.2 Å². The number of anilines is 1. The van der Waals surface area contributed by atoms with E-state index >= 15 is 0 Å². The van der Waals surface area contributed by atoms with Crippen molar-refractivity contribution in [2.75, 3.05) is 38.4 Å². The number of piperidine rings is 1. The van der Waals surface area contributed by atoms with Gasteiger partial charge in [-0.2, -0.15) is 0 Å². The van der Waals surface area contributed by atoms with Crippen molar-refractivity contribution in [2.24, 2.45) is 0 Å². The van der Waals surface area contributed by atoms with Crippen LogP contribution in [0.15, 0.2) is 36.5 Å². The number of aromatic nitrogens is 1. The molecule has 28 heavy (non-hydrogen) atoms. The zero-order valence-corrected chi connectivity index (χ0v) is 16.4. The molecule has 1 spiro atoms. The minimum absolute atomic E-state index is 0.270. The molecule has 0 radical (unpaired) electrons. The van der Waals surface area contributed by atoms with Crippen LogP contribution in [0.5, 0.6) is 17.2 Å². The van der Waals surface area contributed by atoms with Gasteiger partial charge in [0.05, 0.1) is 7.11 Å². The minimum Gasteiger partial charge on any atom is -0.493 e. The summed E-state index contributed by atoms with van der Waals surface area (Å²) in [6.45, 7) is 4.49. The molecule has 6 heteroatoms. The van der Waals surface area contributed by atoms with Crippen LogP contribution >= 0.6 is 0 Å². The Kier molecular flexibility index (Phi) is 4.51. The van der Waals surface area contributed by atoms with Gasteiger partial charge in [0.2, 0.25) is 12.5 Å². The Hall–Kier alpha value is -2.47. The molecule has 0 atom stereocenters. The number of methoxy groups -OCH3 is 1. The van der Waals surface area contributed by atoms with E-state index in [0.29, 0.717) is 5.54 Å². The van der Waals surface area contributed by atoms with Gasteiger partial charge in [-0.3, -0.25) is 4.90 Å². The summed E-state index contributed by atoms with van der Waals surface area (Å²) in [5.41, 5.74) is 1.53. The summed E-state index contributed by atoms with van der Waals surface area (Å²) in [5.74, 6) is 3.39. The fraction of sp³-hybridized carbons (Fsp3) is 0.500. The number of rotatable bonds is 4. The SMILES string of the molecule is COc1cc(CN2CCCC23CCN(c2ccccn2)CC3)cc2c1OCO2. The molecule has 0 amide bonds. The van der Waals surface area contributed by atoms with Gasteiger partial charge in [-0.05, 0) is 62.1 Å². The second kappa shape index (κ2) is 7.17. The molecule has 0 unspecified atom stereocenters. The lowest BCUT2D eigenvalue weighted by Crippen LogP contribution is -2.52. The van der Waals surface area contributed by atoms with Crippen LogP contribution in [0.1, 0.15) is 31.2 Å². The molecule has 1 aromatic carbocycles. The Bertz CT molecular complexity index is 834. The van der Waals surface area contributed by atoms with Crippen LogP contribution in [0.4, 0.5) is 5.82 Å². The number of pyridine rings is 1. The highest BCUT2D eigenvalue weighted by Gasteiger charge is 2.43. The van der Waals surface area contributed by atoms with Crippen molar-refractivity contribution in [3.05, 3.63) is 42.1 Å². The van der Waals surface area contributed by atoms with E-state index in [4.69, 9.17) is 14.2 Å². The maximum atomic E-state index is 5.61. The summed E-state index contributed by atoms with van der Waals surface area (Å²) in [6, 6.07) is 10.4. The van der Waals surface area contributed by atoms with Crippen LogP contribution < -0.4 is 19.1 Å². The number of ether oxygens (including phenoxy) is 3. The van der Waals surface area contributed by atoms with E-state index in [2.05, 4.69) is 39.0 Å². The molecule has 1 aromatic heterocycles. The van der Waals surface area contributed by atoms with Crippen LogP contribution in [-0.2, 0) is 6.54 Å². The van der Waals surface area contributed by atoms with E-state index in [0.717, 1.165) is 49.2 Å². The smallest absolute Gasteiger partial charge is 0.231 e. The van der Waals surface area contributed by atoms with Crippen molar-refractivity contribution < 1.29 is 14.2 Å². The highest BCUT2D eigenvalue weighted by Crippen LogP contribution is 2.44. The Morgan fingerprint density at radius 1 is 1.11 bits per heavy atom. The molecule has 4 heterocycles. The lowest BCUT2D eigenvalue weighted by Gasteiger charge is -2.45. The van der Waals surface area contributed by atoms with Crippen LogP contribution in [-0.4, -0.2) is 49.0 Å². The van der Waals surface area contributed by atoms with E-state index in [1.54, 1.807) is 7.11 Å². The van der Waals surface area contributed by atoms with E-state index in [9.17, 15) is 0 Å². The monoisotopic (exact) mass is 381 g/mol. The Balaban J connectivity index is 1.31. The summed E-state index contributed by atoms with van der Waals surface area (Å²) in [7, 11) is 1.69. The summed E-state index contributed by atoms with van der Waals surface area (Å²) < 4.78 is 16.7.